The van der Waals surface area contributed by atoms with Crippen molar-refractivity contribution in [1.29, 1.82) is 0 Å². The average Bonchev–Trinajstić information content (AvgIpc) is 2.84. The zero-order chi connectivity index (χ0) is 14.4. The number of nitrogens with zero attached hydrogens (tertiary/aromatic N) is 4. The lowest BCUT2D eigenvalue weighted by molar-refractivity contribution is -0.105. The van der Waals surface area contributed by atoms with Crippen molar-refractivity contribution < 1.29 is 4.79 Å². The van der Waals surface area contributed by atoms with Gasteiger partial charge in [-0.2, -0.15) is 5.10 Å². The van der Waals surface area contributed by atoms with Crippen molar-refractivity contribution in [2.24, 2.45) is 12.5 Å². The van der Waals surface area contributed by atoms with Crippen LogP contribution in [0.15, 0.2) is 36.8 Å². The van der Waals surface area contributed by atoms with E-state index < -0.39 is 0 Å². The minimum absolute atomic E-state index is 0.0296. The van der Waals surface area contributed by atoms with E-state index in [0.29, 0.717) is 5.69 Å². The van der Waals surface area contributed by atoms with Gasteiger partial charge in [0.2, 0.25) is 0 Å². The maximum Gasteiger partial charge on any atom is 0.274 e. The summed E-state index contributed by atoms with van der Waals surface area (Å²) in [6.45, 7) is 0.849. The third kappa shape index (κ3) is 1.80. The standard InChI is InChI=1S/C16H18N4O/c1-19-9-5-13(18-19)15(21)20-11-16(6-3-7-16)14(20)12-4-2-8-17-10-12/h2,4-5,8-10,14H,3,6-7,11H2,1H3. The average molecular weight is 282 g/mol. The molecule has 1 saturated heterocycles. The minimum Gasteiger partial charge on any atom is -0.329 e. The van der Waals surface area contributed by atoms with E-state index in [1.807, 2.05) is 30.4 Å². The van der Waals surface area contributed by atoms with Crippen molar-refractivity contribution in [2.75, 3.05) is 6.54 Å². The molecule has 5 nitrogen and oxygen atoms in total. The predicted molar refractivity (Wildman–Crippen MR) is 77.5 cm³/mol. The van der Waals surface area contributed by atoms with Crippen molar-refractivity contribution in [3.8, 4) is 0 Å². The molecule has 3 heterocycles. The Kier molecular flexibility index (Phi) is 2.64. The second kappa shape index (κ2) is 4.41. The quantitative estimate of drug-likeness (QED) is 0.848. The first-order valence-electron chi connectivity index (χ1n) is 7.40. The fraction of sp³-hybridized carbons (Fsp3) is 0.438. The summed E-state index contributed by atoms with van der Waals surface area (Å²) < 4.78 is 1.67. The van der Waals surface area contributed by atoms with E-state index in [-0.39, 0.29) is 17.4 Å². The highest BCUT2D eigenvalue weighted by Crippen LogP contribution is 2.60. The zero-order valence-electron chi connectivity index (χ0n) is 12.1. The number of hydrogen-bond acceptors (Lipinski definition) is 3. The van der Waals surface area contributed by atoms with Crippen LogP contribution < -0.4 is 0 Å². The number of carbonyl (C=O) groups excluding carboxylic acids is 1. The highest BCUT2D eigenvalue weighted by Gasteiger charge is 2.58. The number of aromatic nitrogens is 3. The molecule has 4 rings (SSSR count). The largest absolute Gasteiger partial charge is 0.329 e. The summed E-state index contributed by atoms with van der Waals surface area (Å²) in [7, 11) is 1.83. The van der Waals surface area contributed by atoms with Gasteiger partial charge in [-0.05, 0) is 30.5 Å². The summed E-state index contributed by atoms with van der Waals surface area (Å²) in [6.07, 6.45) is 9.16. The first-order valence-corrected chi connectivity index (χ1v) is 7.40. The molecule has 2 aromatic rings. The fourth-order valence-electron chi connectivity index (χ4n) is 3.73. The van der Waals surface area contributed by atoms with Gasteiger partial charge in [0.05, 0.1) is 6.04 Å². The van der Waals surface area contributed by atoms with Gasteiger partial charge in [0.25, 0.3) is 5.91 Å². The molecule has 1 saturated carbocycles. The number of carbonyl (C=O) groups is 1. The van der Waals surface area contributed by atoms with Gasteiger partial charge in [-0.1, -0.05) is 12.5 Å². The molecule has 0 bridgehead atoms. The lowest BCUT2D eigenvalue weighted by Crippen LogP contribution is -2.63. The Bertz CT molecular complexity index is 675. The van der Waals surface area contributed by atoms with Gasteiger partial charge in [-0.3, -0.25) is 14.5 Å². The van der Waals surface area contributed by atoms with Gasteiger partial charge < -0.3 is 4.90 Å². The number of likely N-dealkylation sites (tertiary alicyclic amines) is 1. The molecule has 0 radical (unpaired) electrons. The van der Waals surface area contributed by atoms with Crippen LogP contribution in [-0.2, 0) is 7.05 Å². The molecule has 1 spiro atoms. The Morgan fingerprint density at radius 3 is 2.81 bits per heavy atom. The summed E-state index contributed by atoms with van der Waals surface area (Å²) >= 11 is 0. The number of rotatable bonds is 2. The van der Waals surface area contributed by atoms with Crippen LogP contribution in [0.2, 0.25) is 0 Å². The second-order valence-electron chi connectivity index (χ2n) is 6.21. The lowest BCUT2D eigenvalue weighted by Gasteiger charge is -2.62. The van der Waals surface area contributed by atoms with E-state index in [4.69, 9.17) is 0 Å². The Hall–Kier alpha value is -2.17. The molecule has 2 fully saturated rings. The van der Waals surface area contributed by atoms with Crippen molar-refractivity contribution in [2.45, 2.75) is 25.3 Å². The van der Waals surface area contributed by atoms with Crippen LogP contribution in [0.4, 0.5) is 0 Å². The number of aryl methyl sites for hydroxylation is 1. The normalized spacial score (nSPS) is 22.7. The molecule has 2 aromatic heterocycles. The van der Waals surface area contributed by atoms with Crippen LogP contribution in [0.1, 0.15) is 41.4 Å². The van der Waals surface area contributed by atoms with Crippen LogP contribution in [0.5, 0.6) is 0 Å². The van der Waals surface area contributed by atoms with E-state index in [1.165, 1.54) is 19.3 Å². The Morgan fingerprint density at radius 2 is 2.24 bits per heavy atom. The Balaban J connectivity index is 1.65. The SMILES string of the molecule is Cn1ccc(C(=O)N2CC3(CCC3)C2c2cccnc2)n1. The second-order valence-corrected chi connectivity index (χ2v) is 6.21. The number of hydrogen-bond donors (Lipinski definition) is 0. The Labute approximate surface area is 123 Å². The van der Waals surface area contributed by atoms with Gasteiger partial charge in [-0.25, -0.2) is 0 Å². The van der Waals surface area contributed by atoms with Crippen molar-refractivity contribution in [3.05, 3.63) is 48.0 Å². The third-order valence-corrected chi connectivity index (χ3v) is 4.92. The zero-order valence-corrected chi connectivity index (χ0v) is 12.1. The van der Waals surface area contributed by atoms with E-state index >= 15 is 0 Å². The van der Waals surface area contributed by atoms with Crippen molar-refractivity contribution >= 4 is 5.91 Å². The van der Waals surface area contributed by atoms with Crippen molar-refractivity contribution in [1.82, 2.24) is 19.7 Å². The monoisotopic (exact) mass is 282 g/mol. The van der Waals surface area contributed by atoms with Gasteiger partial charge in [-0.15, -0.1) is 0 Å². The van der Waals surface area contributed by atoms with Crippen LogP contribution in [0, 0.1) is 5.41 Å². The fourth-order valence-corrected chi connectivity index (χ4v) is 3.73. The summed E-state index contributed by atoms with van der Waals surface area (Å²) in [5.74, 6) is 0.0296. The van der Waals surface area contributed by atoms with Crippen LogP contribution in [-0.4, -0.2) is 32.1 Å². The molecule has 0 aromatic carbocycles. The van der Waals surface area contributed by atoms with Crippen LogP contribution in [0.25, 0.3) is 0 Å². The Morgan fingerprint density at radius 1 is 1.38 bits per heavy atom. The minimum atomic E-state index is 0.0296. The molecule has 2 aliphatic rings. The first-order chi connectivity index (χ1) is 10.2. The van der Waals surface area contributed by atoms with Crippen LogP contribution in [0.3, 0.4) is 0 Å². The van der Waals surface area contributed by atoms with Gasteiger partial charge in [0, 0.05) is 37.6 Å². The molecule has 1 aliphatic heterocycles. The molecule has 21 heavy (non-hydrogen) atoms. The number of amides is 1. The van der Waals surface area contributed by atoms with E-state index in [2.05, 4.69) is 16.1 Å². The summed E-state index contributed by atoms with van der Waals surface area (Å²) in [6, 6.07) is 5.97. The molecular weight excluding hydrogens is 264 g/mol. The van der Waals surface area contributed by atoms with Gasteiger partial charge in [0.15, 0.2) is 0 Å². The molecular formula is C16H18N4O. The van der Waals surface area contributed by atoms with Gasteiger partial charge >= 0.3 is 0 Å². The third-order valence-electron chi connectivity index (χ3n) is 4.92. The highest BCUT2D eigenvalue weighted by molar-refractivity contribution is 5.93. The lowest BCUT2D eigenvalue weighted by atomic mass is 9.56. The van der Waals surface area contributed by atoms with Crippen molar-refractivity contribution in [3.63, 3.8) is 0 Å². The topological polar surface area (TPSA) is 51.0 Å². The van der Waals surface area contributed by atoms with Crippen LogP contribution >= 0.6 is 0 Å². The molecule has 5 heteroatoms. The molecule has 108 valence electrons. The van der Waals surface area contributed by atoms with E-state index in [0.717, 1.165) is 12.1 Å². The number of pyridine rings is 1. The molecule has 0 N–H and O–H groups in total. The molecule has 1 amide bonds. The van der Waals surface area contributed by atoms with E-state index in [9.17, 15) is 4.79 Å². The summed E-state index contributed by atoms with van der Waals surface area (Å²) in [5.41, 5.74) is 1.96. The maximum absolute atomic E-state index is 12.7. The maximum atomic E-state index is 12.7. The summed E-state index contributed by atoms with van der Waals surface area (Å²) in [5, 5.41) is 4.24. The molecule has 1 atom stereocenters. The molecule has 1 aliphatic carbocycles. The predicted octanol–water partition coefficient (Wildman–Crippen LogP) is 2.18. The summed E-state index contributed by atoms with van der Waals surface area (Å²) in [4.78, 5) is 18.9. The first kappa shape index (κ1) is 12.6. The molecule has 1 unspecified atom stereocenters. The highest BCUT2D eigenvalue weighted by atomic mass is 16.2. The van der Waals surface area contributed by atoms with E-state index in [1.54, 1.807) is 16.9 Å². The van der Waals surface area contributed by atoms with Gasteiger partial charge in [0.1, 0.15) is 5.69 Å². The smallest absolute Gasteiger partial charge is 0.274 e.